The zero-order valence-electron chi connectivity index (χ0n) is 14.7. The van der Waals surface area contributed by atoms with Gasteiger partial charge >= 0.3 is 5.97 Å². The van der Waals surface area contributed by atoms with Gasteiger partial charge in [0.15, 0.2) is 6.61 Å². The number of amides is 1. The minimum absolute atomic E-state index is 0.0458. The molecule has 1 amide bonds. The van der Waals surface area contributed by atoms with Gasteiger partial charge in [0.05, 0.1) is 0 Å². The zero-order chi connectivity index (χ0) is 19.0. The van der Waals surface area contributed by atoms with Crippen molar-refractivity contribution in [1.29, 1.82) is 0 Å². The molecule has 0 N–H and O–H groups in total. The summed E-state index contributed by atoms with van der Waals surface area (Å²) in [5.41, 5.74) is -2.32. The lowest BCUT2D eigenvalue weighted by molar-refractivity contribution is -0.156. The maximum atomic E-state index is 13.6. The van der Waals surface area contributed by atoms with E-state index >= 15 is 0 Å². The molecule has 0 aliphatic carbocycles. The summed E-state index contributed by atoms with van der Waals surface area (Å²) in [6, 6.07) is 3.00. The highest BCUT2D eigenvalue weighted by Gasteiger charge is 2.47. The molecule has 1 saturated heterocycles. The number of benzene rings is 1. The molecule has 0 saturated carbocycles. The van der Waals surface area contributed by atoms with Crippen LogP contribution >= 0.6 is 0 Å². The topological polar surface area (TPSA) is 63.7 Å². The van der Waals surface area contributed by atoms with Crippen LogP contribution in [0.4, 0.5) is 8.78 Å². The molecular weight excluding hydrogens is 332 g/mol. The van der Waals surface area contributed by atoms with E-state index in [2.05, 4.69) is 0 Å². The van der Waals surface area contributed by atoms with Crippen molar-refractivity contribution >= 4 is 17.7 Å². The third kappa shape index (κ3) is 3.86. The fraction of sp³-hybridized carbons (Fsp3) is 0.500. The molecule has 0 atom stereocenters. The van der Waals surface area contributed by atoms with Crippen LogP contribution < -0.4 is 0 Å². The van der Waals surface area contributed by atoms with Crippen molar-refractivity contribution < 1.29 is 27.9 Å². The van der Waals surface area contributed by atoms with Crippen LogP contribution in [0.25, 0.3) is 0 Å². The highest BCUT2D eigenvalue weighted by atomic mass is 19.1. The lowest BCUT2D eigenvalue weighted by atomic mass is 9.79. The van der Waals surface area contributed by atoms with Crippen molar-refractivity contribution in [3.05, 3.63) is 35.4 Å². The number of ketones is 1. The molecule has 0 radical (unpaired) electrons. The van der Waals surface area contributed by atoms with Gasteiger partial charge < -0.3 is 9.64 Å². The van der Waals surface area contributed by atoms with Crippen molar-refractivity contribution in [3.8, 4) is 0 Å². The number of hydrogen-bond donors (Lipinski definition) is 0. The van der Waals surface area contributed by atoms with E-state index in [9.17, 15) is 23.2 Å². The number of Topliss-reactive ketones (excluding diaryl/α,β-unsaturated/α-hetero) is 1. The van der Waals surface area contributed by atoms with Crippen molar-refractivity contribution in [2.45, 2.75) is 51.6 Å². The predicted octanol–water partition coefficient (Wildman–Crippen LogP) is 2.87. The Morgan fingerprint density at radius 3 is 2.04 bits per heavy atom. The molecule has 1 aromatic carbocycles. The number of rotatable bonds is 3. The maximum absolute atomic E-state index is 13.6. The molecule has 1 fully saturated rings. The maximum Gasteiger partial charge on any atom is 0.344 e. The number of carbonyl (C=O) groups is 3. The number of carbonyl (C=O) groups excluding carboxylic acids is 3. The summed E-state index contributed by atoms with van der Waals surface area (Å²) >= 11 is 0. The Hall–Kier alpha value is -2.31. The van der Waals surface area contributed by atoms with Crippen molar-refractivity contribution in [1.82, 2.24) is 4.90 Å². The van der Waals surface area contributed by atoms with Crippen LogP contribution in [-0.4, -0.2) is 40.2 Å². The Morgan fingerprint density at radius 1 is 1.08 bits per heavy atom. The van der Waals surface area contributed by atoms with Crippen molar-refractivity contribution in [2.75, 3.05) is 6.61 Å². The van der Waals surface area contributed by atoms with Crippen molar-refractivity contribution in [3.63, 3.8) is 0 Å². The van der Waals surface area contributed by atoms with Crippen LogP contribution in [-0.2, 0) is 14.3 Å². The normalized spacial score (nSPS) is 18.8. The Labute approximate surface area is 144 Å². The van der Waals surface area contributed by atoms with Gasteiger partial charge in [0, 0.05) is 23.9 Å². The standard InChI is InChI=1S/C18H21F2NO4/c1-17(2)8-11(22)9-18(3,4)21(17)14(23)10-25-16(24)15-12(19)6-5-7-13(15)20/h5-7H,8-10H2,1-4H3. The third-order valence-electron chi connectivity index (χ3n) is 4.21. The van der Waals surface area contributed by atoms with Gasteiger partial charge in [-0.15, -0.1) is 0 Å². The average molecular weight is 353 g/mol. The summed E-state index contributed by atoms with van der Waals surface area (Å²) in [5, 5.41) is 0. The Morgan fingerprint density at radius 2 is 1.56 bits per heavy atom. The van der Waals surface area contributed by atoms with Crippen LogP contribution in [0.1, 0.15) is 50.9 Å². The number of halogens is 2. The Kier molecular flexibility index (Phi) is 4.97. The molecule has 0 bridgehead atoms. The zero-order valence-corrected chi connectivity index (χ0v) is 14.7. The third-order valence-corrected chi connectivity index (χ3v) is 4.21. The molecule has 7 heteroatoms. The largest absolute Gasteiger partial charge is 0.452 e. The number of likely N-dealkylation sites (tertiary alicyclic amines) is 1. The molecule has 0 spiro atoms. The molecular formula is C18H21F2NO4. The van der Waals surface area contributed by atoms with Gasteiger partial charge in [0.2, 0.25) is 0 Å². The van der Waals surface area contributed by atoms with Crippen LogP contribution in [0.2, 0.25) is 0 Å². The first-order valence-corrected chi connectivity index (χ1v) is 7.92. The van der Waals surface area contributed by atoms with E-state index in [4.69, 9.17) is 4.74 Å². The molecule has 1 aliphatic rings. The summed E-state index contributed by atoms with van der Waals surface area (Å²) in [6.45, 7) is 6.35. The first kappa shape index (κ1) is 19.0. The lowest BCUT2D eigenvalue weighted by Crippen LogP contribution is -2.63. The van der Waals surface area contributed by atoms with E-state index < -0.39 is 46.8 Å². The minimum Gasteiger partial charge on any atom is -0.452 e. The van der Waals surface area contributed by atoms with Gasteiger partial charge in [0.25, 0.3) is 5.91 Å². The van der Waals surface area contributed by atoms with E-state index in [-0.39, 0.29) is 18.6 Å². The Balaban J connectivity index is 2.14. The molecule has 25 heavy (non-hydrogen) atoms. The van der Waals surface area contributed by atoms with Crippen LogP contribution in [0, 0.1) is 11.6 Å². The first-order chi connectivity index (χ1) is 11.5. The minimum atomic E-state index is -1.24. The van der Waals surface area contributed by atoms with Gasteiger partial charge in [-0.1, -0.05) is 6.07 Å². The molecule has 2 rings (SSSR count). The van der Waals surface area contributed by atoms with Crippen LogP contribution in [0.15, 0.2) is 18.2 Å². The second-order valence-electron chi connectivity index (χ2n) is 7.42. The SMILES string of the molecule is CC1(C)CC(=O)CC(C)(C)N1C(=O)COC(=O)c1c(F)cccc1F. The number of hydrogen-bond acceptors (Lipinski definition) is 4. The van der Waals surface area contributed by atoms with E-state index in [1.807, 2.05) is 0 Å². The lowest BCUT2D eigenvalue weighted by Gasteiger charge is -2.51. The number of nitrogens with zero attached hydrogens (tertiary/aromatic N) is 1. The summed E-state index contributed by atoms with van der Waals surface area (Å²) in [6.07, 6.45) is 0.385. The highest BCUT2D eigenvalue weighted by molar-refractivity contribution is 5.92. The highest BCUT2D eigenvalue weighted by Crippen LogP contribution is 2.36. The fourth-order valence-electron chi connectivity index (χ4n) is 3.64. The first-order valence-electron chi connectivity index (χ1n) is 7.92. The van der Waals surface area contributed by atoms with Gasteiger partial charge in [-0.25, -0.2) is 13.6 Å². The average Bonchev–Trinajstić information content (AvgIpc) is 2.41. The summed E-state index contributed by atoms with van der Waals surface area (Å²) in [4.78, 5) is 37.9. The van der Waals surface area contributed by atoms with Crippen LogP contribution in [0.3, 0.4) is 0 Å². The quantitative estimate of drug-likeness (QED) is 0.784. The van der Waals surface area contributed by atoms with Gasteiger partial charge in [-0.3, -0.25) is 9.59 Å². The van der Waals surface area contributed by atoms with Gasteiger partial charge in [-0.2, -0.15) is 0 Å². The summed E-state index contributed by atoms with van der Waals surface area (Å²) < 4.78 is 32.0. The summed E-state index contributed by atoms with van der Waals surface area (Å²) in [5.74, 6) is -3.83. The molecule has 136 valence electrons. The van der Waals surface area contributed by atoms with Crippen LogP contribution in [0.5, 0.6) is 0 Å². The monoisotopic (exact) mass is 353 g/mol. The number of ether oxygens (including phenoxy) is 1. The molecule has 0 unspecified atom stereocenters. The second-order valence-corrected chi connectivity index (χ2v) is 7.42. The van der Waals surface area contributed by atoms with E-state index in [0.29, 0.717) is 0 Å². The Bertz CT molecular complexity index is 688. The molecule has 0 aromatic heterocycles. The molecule has 5 nitrogen and oxygen atoms in total. The van der Waals surface area contributed by atoms with Gasteiger partial charge in [0.1, 0.15) is 23.0 Å². The second kappa shape index (κ2) is 6.54. The molecule has 1 heterocycles. The van der Waals surface area contributed by atoms with E-state index in [0.717, 1.165) is 18.2 Å². The van der Waals surface area contributed by atoms with E-state index in [1.165, 1.54) is 4.90 Å². The van der Waals surface area contributed by atoms with Crippen molar-refractivity contribution in [2.24, 2.45) is 0 Å². The fourth-order valence-corrected chi connectivity index (χ4v) is 3.64. The molecule has 1 aliphatic heterocycles. The predicted molar refractivity (Wildman–Crippen MR) is 85.9 cm³/mol. The number of piperidine rings is 1. The van der Waals surface area contributed by atoms with E-state index in [1.54, 1.807) is 27.7 Å². The van der Waals surface area contributed by atoms with Gasteiger partial charge in [-0.05, 0) is 39.8 Å². The molecule has 1 aromatic rings. The number of esters is 1. The summed E-state index contributed by atoms with van der Waals surface area (Å²) in [7, 11) is 0. The smallest absolute Gasteiger partial charge is 0.344 e.